The molecule has 0 aliphatic heterocycles. The zero-order valence-corrected chi connectivity index (χ0v) is 9.33. The van der Waals surface area contributed by atoms with E-state index in [4.69, 9.17) is 5.73 Å². The van der Waals surface area contributed by atoms with Crippen molar-refractivity contribution in [1.29, 1.82) is 0 Å². The van der Waals surface area contributed by atoms with Gasteiger partial charge in [0, 0.05) is 11.8 Å². The summed E-state index contributed by atoms with van der Waals surface area (Å²) in [6, 6.07) is 9.76. The Morgan fingerprint density at radius 1 is 1.18 bits per heavy atom. The molecular weight excluding hydrogens is 214 g/mol. The van der Waals surface area contributed by atoms with E-state index in [0.717, 1.165) is 22.5 Å². The molecule has 2 heterocycles. The molecule has 5 heteroatoms. The van der Waals surface area contributed by atoms with Crippen molar-refractivity contribution >= 4 is 17.0 Å². The van der Waals surface area contributed by atoms with Gasteiger partial charge in [-0.3, -0.25) is 4.57 Å². The van der Waals surface area contributed by atoms with Crippen molar-refractivity contribution < 1.29 is 0 Å². The molecule has 0 unspecified atom stereocenters. The molecule has 0 amide bonds. The van der Waals surface area contributed by atoms with Gasteiger partial charge in [-0.1, -0.05) is 12.1 Å². The molecule has 17 heavy (non-hydrogen) atoms. The van der Waals surface area contributed by atoms with Gasteiger partial charge >= 0.3 is 0 Å². The zero-order valence-electron chi connectivity index (χ0n) is 9.33. The molecule has 5 nitrogen and oxygen atoms in total. The standard InChI is InChI=1S/C12H11N5/c1-8-6-11(16-12(13)15-8)17-7-14-9-4-2-3-5-10(9)17/h2-7H,1H3,(H2,13,15,16). The molecule has 0 fully saturated rings. The Bertz CT molecular complexity index is 666. The minimum atomic E-state index is 0.276. The highest BCUT2D eigenvalue weighted by Crippen LogP contribution is 2.17. The fourth-order valence-corrected chi connectivity index (χ4v) is 1.84. The number of aromatic nitrogens is 4. The number of fused-ring (bicyclic) bond motifs is 1. The van der Waals surface area contributed by atoms with Gasteiger partial charge in [0.2, 0.25) is 5.95 Å². The summed E-state index contributed by atoms with van der Waals surface area (Å²) in [7, 11) is 0. The molecule has 0 saturated carbocycles. The molecule has 2 aromatic heterocycles. The molecule has 2 N–H and O–H groups in total. The van der Waals surface area contributed by atoms with Gasteiger partial charge in [-0.05, 0) is 19.1 Å². The monoisotopic (exact) mass is 225 g/mol. The normalized spacial score (nSPS) is 10.9. The van der Waals surface area contributed by atoms with E-state index in [9.17, 15) is 0 Å². The highest BCUT2D eigenvalue weighted by molar-refractivity contribution is 5.76. The summed E-state index contributed by atoms with van der Waals surface area (Å²) in [6.45, 7) is 1.89. The van der Waals surface area contributed by atoms with E-state index in [2.05, 4.69) is 15.0 Å². The predicted octanol–water partition coefficient (Wildman–Crippen LogP) is 1.71. The molecule has 0 bridgehead atoms. The molecule has 0 aliphatic rings. The van der Waals surface area contributed by atoms with E-state index in [0.29, 0.717) is 0 Å². The number of nitrogens with zero attached hydrogens (tertiary/aromatic N) is 4. The number of nitrogen functional groups attached to an aromatic ring is 1. The fraction of sp³-hybridized carbons (Fsp3) is 0.0833. The Morgan fingerprint density at radius 3 is 2.82 bits per heavy atom. The Balaban J connectivity index is 2.27. The zero-order chi connectivity index (χ0) is 11.8. The highest BCUT2D eigenvalue weighted by Gasteiger charge is 2.06. The number of hydrogen-bond acceptors (Lipinski definition) is 4. The van der Waals surface area contributed by atoms with Crippen LogP contribution in [-0.4, -0.2) is 19.5 Å². The number of hydrogen-bond donors (Lipinski definition) is 1. The lowest BCUT2D eigenvalue weighted by atomic mass is 10.3. The van der Waals surface area contributed by atoms with Gasteiger partial charge in [-0.2, -0.15) is 4.98 Å². The highest BCUT2D eigenvalue weighted by atomic mass is 15.1. The summed E-state index contributed by atoms with van der Waals surface area (Å²) < 4.78 is 1.90. The first kappa shape index (κ1) is 9.77. The molecule has 0 saturated heterocycles. The molecule has 0 radical (unpaired) electrons. The third-order valence-corrected chi connectivity index (χ3v) is 2.56. The maximum Gasteiger partial charge on any atom is 0.222 e. The van der Waals surface area contributed by atoms with Crippen LogP contribution in [0.1, 0.15) is 5.69 Å². The van der Waals surface area contributed by atoms with Crippen molar-refractivity contribution in [3.05, 3.63) is 42.4 Å². The summed E-state index contributed by atoms with van der Waals surface area (Å²) >= 11 is 0. The van der Waals surface area contributed by atoms with E-state index in [1.165, 1.54) is 0 Å². The van der Waals surface area contributed by atoms with Gasteiger partial charge in [-0.25, -0.2) is 9.97 Å². The third-order valence-electron chi connectivity index (χ3n) is 2.56. The van der Waals surface area contributed by atoms with Crippen molar-refractivity contribution in [2.45, 2.75) is 6.92 Å². The second-order valence-electron chi connectivity index (χ2n) is 3.83. The Hall–Kier alpha value is -2.43. The van der Waals surface area contributed by atoms with E-state index >= 15 is 0 Å². The second-order valence-corrected chi connectivity index (χ2v) is 3.83. The molecule has 3 aromatic rings. The minimum absolute atomic E-state index is 0.276. The van der Waals surface area contributed by atoms with E-state index in [-0.39, 0.29) is 5.95 Å². The quantitative estimate of drug-likeness (QED) is 0.684. The van der Waals surface area contributed by atoms with Gasteiger partial charge in [0.05, 0.1) is 11.0 Å². The summed E-state index contributed by atoms with van der Waals surface area (Å²) in [5, 5.41) is 0. The molecule has 0 spiro atoms. The molecule has 0 aliphatic carbocycles. The molecule has 0 atom stereocenters. The number of aryl methyl sites for hydroxylation is 1. The number of rotatable bonds is 1. The summed E-state index contributed by atoms with van der Waals surface area (Å²) in [6.07, 6.45) is 1.74. The lowest BCUT2D eigenvalue weighted by molar-refractivity contribution is 0.986. The Morgan fingerprint density at radius 2 is 2.00 bits per heavy atom. The minimum Gasteiger partial charge on any atom is -0.368 e. The van der Waals surface area contributed by atoms with Crippen molar-refractivity contribution in [2.75, 3.05) is 5.73 Å². The van der Waals surface area contributed by atoms with Crippen LogP contribution >= 0.6 is 0 Å². The predicted molar refractivity (Wildman–Crippen MR) is 65.8 cm³/mol. The van der Waals surface area contributed by atoms with Crippen LogP contribution < -0.4 is 5.73 Å². The van der Waals surface area contributed by atoms with Crippen molar-refractivity contribution in [1.82, 2.24) is 19.5 Å². The maximum atomic E-state index is 5.65. The van der Waals surface area contributed by atoms with Gasteiger partial charge in [-0.15, -0.1) is 0 Å². The Labute approximate surface area is 98.0 Å². The number of nitrogens with two attached hydrogens (primary N) is 1. The summed E-state index contributed by atoms with van der Waals surface area (Å²) in [5.41, 5.74) is 8.43. The van der Waals surface area contributed by atoms with Crippen molar-refractivity contribution in [3.63, 3.8) is 0 Å². The molecule has 1 aromatic carbocycles. The topological polar surface area (TPSA) is 69.6 Å². The van der Waals surface area contributed by atoms with Gasteiger partial charge < -0.3 is 5.73 Å². The van der Waals surface area contributed by atoms with E-state index in [1.54, 1.807) is 6.33 Å². The van der Waals surface area contributed by atoms with Crippen LogP contribution in [0.5, 0.6) is 0 Å². The van der Waals surface area contributed by atoms with E-state index < -0.39 is 0 Å². The largest absolute Gasteiger partial charge is 0.368 e. The average molecular weight is 225 g/mol. The van der Waals surface area contributed by atoms with Crippen LogP contribution in [0.2, 0.25) is 0 Å². The first-order valence-electron chi connectivity index (χ1n) is 5.28. The third kappa shape index (κ3) is 1.61. The van der Waals surface area contributed by atoms with Crippen LogP contribution in [0.3, 0.4) is 0 Å². The van der Waals surface area contributed by atoms with Crippen LogP contribution in [0, 0.1) is 6.92 Å². The number of benzene rings is 1. The van der Waals surface area contributed by atoms with E-state index in [1.807, 2.05) is 41.8 Å². The van der Waals surface area contributed by atoms with Crippen molar-refractivity contribution in [2.24, 2.45) is 0 Å². The summed E-state index contributed by atoms with van der Waals surface area (Å²) in [5.74, 6) is 1.02. The number of para-hydroxylation sites is 2. The second kappa shape index (κ2) is 3.55. The molecule has 3 rings (SSSR count). The smallest absolute Gasteiger partial charge is 0.222 e. The average Bonchev–Trinajstić information content (AvgIpc) is 2.71. The lowest BCUT2D eigenvalue weighted by Crippen LogP contribution is -2.03. The number of anilines is 1. The lowest BCUT2D eigenvalue weighted by Gasteiger charge is -2.04. The first-order chi connectivity index (χ1) is 8.24. The summed E-state index contributed by atoms with van der Waals surface area (Å²) in [4.78, 5) is 12.6. The molecular formula is C12H11N5. The van der Waals surface area contributed by atoms with Gasteiger partial charge in [0.15, 0.2) is 0 Å². The molecule has 84 valence electrons. The SMILES string of the molecule is Cc1cc(-n2cnc3ccccc32)nc(N)n1. The fourth-order valence-electron chi connectivity index (χ4n) is 1.84. The van der Waals surface area contributed by atoms with Crippen LogP contribution in [0.4, 0.5) is 5.95 Å². The maximum absolute atomic E-state index is 5.65. The Kier molecular flexibility index (Phi) is 2.04. The first-order valence-corrected chi connectivity index (χ1v) is 5.28. The van der Waals surface area contributed by atoms with Crippen LogP contribution in [0.25, 0.3) is 16.9 Å². The van der Waals surface area contributed by atoms with Crippen molar-refractivity contribution in [3.8, 4) is 5.82 Å². The van der Waals surface area contributed by atoms with Crippen LogP contribution in [0.15, 0.2) is 36.7 Å². The van der Waals surface area contributed by atoms with Crippen LogP contribution in [-0.2, 0) is 0 Å². The number of imidazole rings is 1. The van der Waals surface area contributed by atoms with Gasteiger partial charge in [0.1, 0.15) is 12.1 Å². The van der Waals surface area contributed by atoms with Gasteiger partial charge in [0.25, 0.3) is 0 Å².